The molecule has 18 heavy (non-hydrogen) atoms. The molecule has 106 valence electrons. The van der Waals surface area contributed by atoms with Crippen LogP contribution in [0.1, 0.15) is 45.4 Å². The van der Waals surface area contributed by atoms with E-state index in [1.165, 1.54) is 38.9 Å². The number of hydrogen-bond acceptors (Lipinski definition) is 3. The Labute approximate surface area is 111 Å². The van der Waals surface area contributed by atoms with Gasteiger partial charge in [-0.05, 0) is 57.7 Å². The van der Waals surface area contributed by atoms with Crippen molar-refractivity contribution in [1.29, 1.82) is 0 Å². The number of carbonyl (C=O) groups is 1. The van der Waals surface area contributed by atoms with Crippen molar-refractivity contribution >= 4 is 5.91 Å². The summed E-state index contributed by atoms with van der Waals surface area (Å²) in [6, 6.07) is 0. The smallest absolute Gasteiger partial charge is 0.220 e. The first-order valence-electron chi connectivity index (χ1n) is 7.41. The monoisotopic (exact) mass is 255 g/mol. The SMILES string of the molecule is CC1CCCN(CCCCNC(=O)CCCN)C1. The Morgan fingerprint density at radius 1 is 1.39 bits per heavy atom. The van der Waals surface area contributed by atoms with Crippen molar-refractivity contribution in [3.8, 4) is 0 Å². The number of likely N-dealkylation sites (tertiary alicyclic amines) is 1. The van der Waals surface area contributed by atoms with Crippen molar-refractivity contribution in [2.24, 2.45) is 11.7 Å². The second kappa shape index (κ2) is 9.34. The van der Waals surface area contributed by atoms with Crippen LogP contribution in [0.5, 0.6) is 0 Å². The van der Waals surface area contributed by atoms with Gasteiger partial charge in [-0.1, -0.05) is 6.92 Å². The highest BCUT2D eigenvalue weighted by atomic mass is 16.1. The summed E-state index contributed by atoms with van der Waals surface area (Å²) in [5.74, 6) is 1.00. The predicted molar refractivity (Wildman–Crippen MR) is 75.4 cm³/mol. The maximum absolute atomic E-state index is 11.3. The second-order valence-corrected chi connectivity index (χ2v) is 5.50. The normalized spacial score (nSPS) is 20.9. The summed E-state index contributed by atoms with van der Waals surface area (Å²) < 4.78 is 0. The molecule has 0 aromatic heterocycles. The molecule has 1 heterocycles. The van der Waals surface area contributed by atoms with Gasteiger partial charge in [-0.25, -0.2) is 0 Å². The van der Waals surface area contributed by atoms with Gasteiger partial charge in [0.05, 0.1) is 0 Å². The topological polar surface area (TPSA) is 58.4 Å². The van der Waals surface area contributed by atoms with E-state index in [1.54, 1.807) is 0 Å². The fourth-order valence-corrected chi connectivity index (χ4v) is 2.53. The molecule has 0 spiro atoms. The third kappa shape index (κ3) is 6.97. The molecule has 4 nitrogen and oxygen atoms in total. The van der Waals surface area contributed by atoms with Crippen LogP contribution in [0, 0.1) is 5.92 Å². The van der Waals surface area contributed by atoms with Crippen molar-refractivity contribution in [3.63, 3.8) is 0 Å². The fourth-order valence-electron chi connectivity index (χ4n) is 2.53. The highest BCUT2D eigenvalue weighted by molar-refractivity contribution is 5.75. The Balaban J connectivity index is 1.93. The van der Waals surface area contributed by atoms with Crippen LogP contribution in [-0.4, -0.2) is 43.5 Å². The third-order valence-electron chi connectivity index (χ3n) is 3.57. The van der Waals surface area contributed by atoms with Gasteiger partial charge in [-0.15, -0.1) is 0 Å². The minimum Gasteiger partial charge on any atom is -0.356 e. The Morgan fingerprint density at radius 2 is 2.22 bits per heavy atom. The molecule has 0 radical (unpaired) electrons. The van der Waals surface area contributed by atoms with Crippen molar-refractivity contribution in [2.45, 2.75) is 45.4 Å². The average Bonchev–Trinajstić information content (AvgIpc) is 2.36. The number of carbonyl (C=O) groups excluding carboxylic acids is 1. The van der Waals surface area contributed by atoms with Crippen LogP contribution in [0.25, 0.3) is 0 Å². The molecule has 1 amide bonds. The van der Waals surface area contributed by atoms with E-state index in [0.29, 0.717) is 13.0 Å². The molecule has 1 saturated heterocycles. The van der Waals surface area contributed by atoms with E-state index >= 15 is 0 Å². The van der Waals surface area contributed by atoms with Crippen LogP contribution >= 0.6 is 0 Å². The summed E-state index contributed by atoms with van der Waals surface area (Å²) >= 11 is 0. The Morgan fingerprint density at radius 3 is 2.94 bits per heavy atom. The number of unbranched alkanes of at least 4 members (excludes halogenated alkanes) is 1. The lowest BCUT2D eigenvalue weighted by Gasteiger charge is -2.30. The standard InChI is InChI=1S/C14H29N3O/c1-13-6-5-11-17(12-13)10-3-2-9-16-14(18)7-4-8-15/h13H,2-12,15H2,1H3,(H,16,18). The van der Waals surface area contributed by atoms with E-state index in [2.05, 4.69) is 17.1 Å². The molecule has 1 aliphatic rings. The Bertz CT molecular complexity index is 233. The fraction of sp³-hybridized carbons (Fsp3) is 0.929. The van der Waals surface area contributed by atoms with Crippen LogP contribution in [0.4, 0.5) is 0 Å². The number of piperidine rings is 1. The van der Waals surface area contributed by atoms with Crippen LogP contribution in [0.3, 0.4) is 0 Å². The van der Waals surface area contributed by atoms with E-state index < -0.39 is 0 Å². The molecule has 0 aromatic rings. The summed E-state index contributed by atoms with van der Waals surface area (Å²) in [5, 5.41) is 2.95. The minimum absolute atomic E-state index is 0.145. The molecule has 3 N–H and O–H groups in total. The summed E-state index contributed by atoms with van der Waals surface area (Å²) in [6.07, 6.45) is 6.35. The molecule has 1 fully saturated rings. The van der Waals surface area contributed by atoms with Crippen molar-refractivity contribution in [2.75, 3.05) is 32.7 Å². The minimum atomic E-state index is 0.145. The van der Waals surface area contributed by atoms with Crippen molar-refractivity contribution < 1.29 is 4.79 Å². The van der Waals surface area contributed by atoms with E-state index in [4.69, 9.17) is 5.73 Å². The van der Waals surface area contributed by atoms with Gasteiger partial charge in [0.1, 0.15) is 0 Å². The number of amides is 1. The van der Waals surface area contributed by atoms with E-state index in [0.717, 1.165) is 25.3 Å². The first-order valence-corrected chi connectivity index (χ1v) is 7.41. The van der Waals surface area contributed by atoms with Gasteiger partial charge in [0.25, 0.3) is 0 Å². The van der Waals surface area contributed by atoms with Crippen LogP contribution in [0.2, 0.25) is 0 Å². The van der Waals surface area contributed by atoms with Crippen molar-refractivity contribution in [1.82, 2.24) is 10.2 Å². The van der Waals surface area contributed by atoms with E-state index in [9.17, 15) is 4.79 Å². The first kappa shape index (κ1) is 15.4. The van der Waals surface area contributed by atoms with Gasteiger partial charge < -0.3 is 16.0 Å². The number of hydrogen-bond donors (Lipinski definition) is 2. The van der Waals surface area contributed by atoms with Gasteiger partial charge in [0, 0.05) is 19.5 Å². The lowest BCUT2D eigenvalue weighted by Crippen LogP contribution is -2.35. The number of rotatable bonds is 8. The molecule has 1 atom stereocenters. The van der Waals surface area contributed by atoms with Gasteiger partial charge >= 0.3 is 0 Å². The maximum Gasteiger partial charge on any atom is 0.220 e. The summed E-state index contributed by atoms with van der Waals surface area (Å²) in [5.41, 5.74) is 5.36. The van der Waals surface area contributed by atoms with Gasteiger partial charge in [-0.2, -0.15) is 0 Å². The molecule has 1 rings (SSSR count). The number of nitrogens with two attached hydrogens (primary N) is 1. The molecule has 4 heteroatoms. The molecule has 0 bridgehead atoms. The maximum atomic E-state index is 11.3. The zero-order valence-corrected chi connectivity index (χ0v) is 11.8. The number of nitrogens with one attached hydrogen (secondary N) is 1. The molecule has 0 saturated carbocycles. The van der Waals surface area contributed by atoms with Crippen LogP contribution in [-0.2, 0) is 4.79 Å². The first-order chi connectivity index (χ1) is 8.72. The molecular formula is C14H29N3O. The summed E-state index contributed by atoms with van der Waals surface area (Å²) in [7, 11) is 0. The van der Waals surface area contributed by atoms with E-state index in [-0.39, 0.29) is 5.91 Å². The lowest BCUT2D eigenvalue weighted by atomic mass is 10.0. The second-order valence-electron chi connectivity index (χ2n) is 5.50. The molecule has 1 aliphatic heterocycles. The molecular weight excluding hydrogens is 226 g/mol. The lowest BCUT2D eigenvalue weighted by molar-refractivity contribution is -0.121. The Hall–Kier alpha value is -0.610. The molecule has 0 aromatic carbocycles. The highest BCUT2D eigenvalue weighted by Gasteiger charge is 2.15. The van der Waals surface area contributed by atoms with Gasteiger partial charge in [-0.3, -0.25) is 4.79 Å². The van der Waals surface area contributed by atoms with Crippen LogP contribution in [0.15, 0.2) is 0 Å². The van der Waals surface area contributed by atoms with Crippen LogP contribution < -0.4 is 11.1 Å². The summed E-state index contributed by atoms with van der Waals surface area (Å²) in [4.78, 5) is 13.9. The Kier molecular flexibility index (Phi) is 8.01. The average molecular weight is 255 g/mol. The molecule has 0 aliphatic carbocycles. The highest BCUT2D eigenvalue weighted by Crippen LogP contribution is 2.15. The predicted octanol–water partition coefficient (Wildman–Crippen LogP) is 1.35. The zero-order chi connectivity index (χ0) is 13.2. The zero-order valence-electron chi connectivity index (χ0n) is 11.8. The van der Waals surface area contributed by atoms with Gasteiger partial charge in [0.15, 0.2) is 0 Å². The van der Waals surface area contributed by atoms with Crippen molar-refractivity contribution in [3.05, 3.63) is 0 Å². The molecule has 1 unspecified atom stereocenters. The van der Waals surface area contributed by atoms with E-state index in [1.807, 2.05) is 0 Å². The van der Waals surface area contributed by atoms with Gasteiger partial charge in [0.2, 0.25) is 5.91 Å². The summed E-state index contributed by atoms with van der Waals surface area (Å²) in [6.45, 7) is 7.44. The quantitative estimate of drug-likeness (QED) is 0.644. The largest absolute Gasteiger partial charge is 0.356 e. The third-order valence-corrected chi connectivity index (χ3v) is 3.57. The number of nitrogens with zero attached hydrogens (tertiary/aromatic N) is 1.